The molecule has 0 atom stereocenters. The summed E-state index contributed by atoms with van der Waals surface area (Å²) in [6.07, 6.45) is 1.65. The first-order valence-electron chi connectivity index (χ1n) is 4.01. The van der Waals surface area contributed by atoms with E-state index in [1.807, 2.05) is 6.07 Å². The van der Waals surface area contributed by atoms with Crippen LogP contribution in [0.25, 0.3) is 0 Å². The van der Waals surface area contributed by atoms with Crippen LogP contribution in [0.3, 0.4) is 0 Å². The molecule has 1 rings (SSSR count). The maximum atomic E-state index is 8.84. The zero-order valence-corrected chi connectivity index (χ0v) is 9.51. The fourth-order valence-corrected chi connectivity index (χ4v) is 1.43. The van der Waals surface area contributed by atoms with E-state index in [4.69, 9.17) is 5.26 Å². The summed E-state index contributed by atoms with van der Waals surface area (Å²) in [5, 5.41) is 8.84. The Labute approximate surface area is 86.7 Å². The molecule has 0 saturated carbocycles. The van der Waals surface area contributed by atoms with Crippen molar-refractivity contribution in [2.75, 3.05) is 0 Å². The average Bonchev–Trinajstić information content (AvgIpc) is 2.03. The van der Waals surface area contributed by atoms with E-state index in [0.29, 0.717) is 5.69 Å². The Morgan fingerprint density at radius 1 is 1.46 bits per heavy atom. The number of pyridine rings is 1. The van der Waals surface area contributed by atoms with Crippen molar-refractivity contribution in [3.8, 4) is 6.07 Å². The van der Waals surface area contributed by atoms with Crippen molar-refractivity contribution < 1.29 is 0 Å². The van der Waals surface area contributed by atoms with Gasteiger partial charge in [-0.05, 0) is 33.0 Å². The minimum absolute atomic E-state index is 0.0398. The highest BCUT2D eigenvalue weighted by atomic mass is 79.9. The Bertz CT molecular complexity index is 358. The van der Waals surface area contributed by atoms with Gasteiger partial charge in [0, 0.05) is 10.7 Å². The van der Waals surface area contributed by atoms with Crippen LogP contribution in [0.5, 0.6) is 0 Å². The zero-order chi connectivity index (χ0) is 10.1. The fraction of sp³-hybridized carbons (Fsp3) is 0.400. The molecule has 1 aromatic heterocycles. The fourth-order valence-electron chi connectivity index (χ4n) is 1.10. The SMILES string of the molecule is CC(C)(C)c1cc(Br)cnc1C#N. The quantitative estimate of drug-likeness (QED) is 0.697. The van der Waals surface area contributed by atoms with E-state index in [9.17, 15) is 0 Å². The van der Waals surface area contributed by atoms with Crippen LogP contribution in [0.2, 0.25) is 0 Å². The lowest BCUT2D eigenvalue weighted by molar-refractivity contribution is 0.585. The summed E-state index contributed by atoms with van der Waals surface area (Å²) >= 11 is 3.35. The molecule has 0 aromatic carbocycles. The molecule has 0 N–H and O–H groups in total. The third-order valence-corrected chi connectivity index (χ3v) is 2.20. The van der Waals surface area contributed by atoms with Gasteiger partial charge in [0.2, 0.25) is 0 Å². The molecule has 0 radical (unpaired) electrons. The van der Waals surface area contributed by atoms with Crippen LogP contribution in [0.4, 0.5) is 0 Å². The van der Waals surface area contributed by atoms with Gasteiger partial charge in [-0.3, -0.25) is 0 Å². The van der Waals surface area contributed by atoms with Crippen LogP contribution in [0.15, 0.2) is 16.7 Å². The van der Waals surface area contributed by atoms with Crippen molar-refractivity contribution >= 4 is 15.9 Å². The maximum absolute atomic E-state index is 8.84. The first kappa shape index (κ1) is 10.2. The summed E-state index contributed by atoms with van der Waals surface area (Å²) in [7, 11) is 0. The molecular weight excluding hydrogens is 228 g/mol. The second-order valence-electron chi connectivity index (χ2n) is 3.91. The second-order valence-corrected chi connectivity index (χ2v) is 4.83. The van der Waals surface area contributed by atoms with Gasteiger partial charge in [0.05, 0.1) is 0 Å². The van der Waals surface area contributed by atoms with Gasteiger partial charge in [-0.25, -0.2) is 4.98 Å². The molecule has 3 heteroatoms. The smallest absolute Gasteiger partial charge is 0.144 e. The van der Waals surface area contributed by atoms with Crippen molar-refractivity contribution in [3.63, 3.8) is 0 Å². The number of rotatable bonds is 0. The molecular formula is C10H11BrN2. The monoisotopic (exact) mass is 238 g/mol. The van der Waals surface area contributed by atoms with E-state index in [1.165, 1.54) is 0 Å². The number of nitriles is 1. The van der Waals surface area contributed by atoms with Crippen LogP contribution in [-0.4, -0.2) is 4.98 Å². The topological polar surface area (TPSA) is 36.7 Å². The normalized spacial score (nSPS) is 11.0. The van der Waals surface area contributed by atoms with Crippen molar-refractivity contribution in [2.45, 2.75) is 26.2 Å². The van der Waals surface area contributed by atoms with Crippen molar-refractivity contribution in [1.82, 2.24) is 4.98 Å². The Balaban J connectivity index is 3.35. The molecule has 0 bridgehead atoms. The zero-order valence-electron chi connectivity index (χ0n) is 7.93. The third kappa shape index (κ3) is 2.28. The van der Waals surface area contributed by atoms with Crippen molar-refractivity contribution in [1.29, 1.82) is 5.26 Å². The molecule has 0 unspecified atom stereocenters. The summed E-state index contributed by atoms with van der Waals surface area (Å²) in [6, 6.07) is 4.05. The maximum Gasteiger partial charge on any atom is 0.144 e. The van der Waals surface area contributed by atoms with Gasteiger partial charge in [0.15, 0.2) is 0 Å². The molecule has 0 amide bonds. The van der Waals surface area contributed by atoms with Crippen LogP contribution in [-0.2, 0) is 5.41 Å². The van der Waals surface area contributed by atoms with Crippen LogP contribution in [0.1, 0.15) is 32.0 Å². The summed E-state index contributed by atoms with van der Waals surface area (Å²) in [5.41, 5.74) is 1.45. The lowest BCUT2D eigenvalue weighted by Gasteiger charge is -2.19. The minimum atomic E-state index is -0.0398. The molecule has 0 saturated heterocycles. The van der Waals surface area contributed by atoms with E-state index >= 15 is 0 Å². The minimum Gasteiger partial charge on any atom is -0.244 e. The highest BCUT2D eigenvalue weighted by molar-refractivity contribution is 9.10. The van der Waals surface area contributed by atoms with E-state index in [0.717, 1.165) is 10.0 Å². The predicted octanol–water partition coefficient (Wildman–Crippen LogP) is 3.01. The first-order chi connectivity index (χ1) is 5.95. The highest BCUT2D eigenvalue weighted by Gasteiger charge is 2.18. The number of nitrogens with zero attached hydrogens (tertiary/aromatic N) is 2. The van der Waals surface area contributed by atoms with Gasteiger partial charge >= 0.3 is 0 Å². The van der Waals surface area contributed by atoms with E-state index in [1.54, 1.807) is 6.20 Å². The van der Waals surface area contributed by atoms with Gasteiger partial charge in [0.25, 0.3) is 0 Å². The Hall–Kier alpha value is -0.880. The molecule has 0 fully saturated rings. The Kier molecular flexibility index (Phi) is 2.72. The van der Waals surface area contributed by atoms with Gasteiger partial charge in [-0.15, -0.1) is 0 Å². The Morgan fingerprint density at radius 3 is 2.54 bits per heavy atom. The molecule has 13 heavy (non-hydrogen) atoms. The molecule has 2 nitrogen and oxygen atoms in total. The summed E-state index contributed by atoms with van der Waals surface area (Å²) in [4.78, 5) is 4.06. The second kappa shape index (κ2) is 3.47. The molecule has 1 heterocycles. The largest absolute Gasteiger partial charge is 0.244 e. The summed E-state index contributed by atoms with van der Waals surface area (Å²) in [5.74, 6) is 0. The number of aromatic nitrogens is 1. The number of hydrogen-bond donors (Lipinski definition) is 0. The Morgan fingerprint density at radius 2 is 2.08 bits per heavy atom. The van der Waals surface area contributed by atoms with Crippen LogP contribution in [0, 0.1) is 11.3 Å². The van der Waals surface area contributed by atoms with Crippen molar-refractivity contribution in [3.05, 3.63) is 28.0 Å². The molecule has 68 valence electrons. The van der Waals surface area contributed by atoms with E-state index in [-0.39, 0.29) is 5.41 Å². The molecule has 0 spiro atoms. The standard InChI is InChI=1S/C10H11BrN2/c1-10(2,3)8-4-7(11)6-13-9(8)5-12/h4,6H,1-3H3. The predicted molar refractivity (Wildman–Crippen MR) is 55.4 cm³/mol. The summed E-state index contributed by atoms with van der Waals surface area (Å²) < 4.78 is 0.913. The lowest BCUT2D eigenvalue weighted by atomic mass is 9.86. The van der Waals surface area contributed by atoms with Gasteiger partial charge in [0.1, 0.15) is 11.8 Å². The van der Waals surface area contributed by atoms with Crippen molar-refractivity contribution in [2.24, 2.45) is 0 Å². The van der Waals surface area contributed by atoms with Gasteiger partial charge in [-0.1, -0.05) is 20.8 Å². The number of halogens is 1. The highest BCUT2D eigenvalue weighted by Crippen LogP contribution is 2.26. The molecule has 1 aromatic rings. The van der Waals surface area contributed by atoms with E-state index in [2.05, 4.69) is 47.8 Å². The van der Waals surface area contributed by atoms with Crippen LogP contribution >= 0.6 is 15.9 Å². The van der Waals surface area contributed by atoms with Gasteiger partial charge < -0.3 is 0 Å². The molecule has 0 aliphatic heterocycles. The lowest BCUT2D eigenvalue weighted by Crippen LogP contribution is -2.14. The molecule has 0 aliphatic rings. The third-order valence-electron chi connectivity index (χ3n) is 1.77. The van der Waals surface area contributed by atoms with E-state index < -0.39 is 0 Å². The number of hydrogen-bond acceptors (Lipinski definition) is 2. The average molecular weight is 239 g/mol. The van der Waals surface area contributed by atoms with Gasteiger partial charge in [-0.2, -0.15) is 5.26 Å². The summed E-state index contributed by atoms with van der Waals surface area (Å²) in [6.45, 7) is 6.20. The van der Waals surface area contributed by atoms with Crippen LogP contribution < -0.4 is 0 Å². The first-order valence-corrected chi connectivity index (χ1v) is 4.80. The molecule has 0 aliphatic carbocycles.